The van der Waals surface area contributed by atoms with Crippen LogP contribution in [0.2, 0.25) is 0 Å². The number of nitrogens with one attached hydrogen (secondary N) is 2. The van der Waals surface area contributed by atoms with Crippen molar-refractivity contribution in [3.8, 4) is 5.75 Å². The Labute approximate surface area is 143 Å². The summed E-state index contributed by atoms with van der Waals surface area (Å²) in [6, 6.07) is 6.12. The largest absolute Gasteiger partial charge is 0.497 e. The second kappa shape index (κ2) is 7.71. The first kappa shape index (κ1) is 16.8. The van der Waals surface area contributed by atoms with Crippen molar-refractivity contribution in [3.05, 3.63) is 41.5 Å². The lowest BCUT2D eigenvalue weighted by Crippen LogP contribution is -2.42. The van der Waals surface area contributed by atoms with Crippen LogP contribution in [0.15, 0.2) is 30.4 Å². The van der Waals surface area contributed by atoms with E-state index >= 15 is 0 Å². The third-order valence-corrected chi connectivity index (χ3v) is 5.02. The molecule has 5 heteroatoms. The number of ether oxygens (including phenoxy) is 1. The molecule has 2 aliphatic rings. The van der Waals surface area contributed by atoms with Gasteiger partial charge in [-0.3, -0.25) is 0 Å². The van der Waals surface area contributed by atoms with E-state index in [4.69, 9.17) is 9.84 Å². The maximum Gasteiger partial charge on any atom is 0.315 e. The fourth-order valence-corrected chi connectivity index (χ4v) is 3.68. The molecule has 0 unspecified atom stereocenters. The van der Waals surface area contributed by atoms with Crippen LogP contribution < -0.4 is 15.4 Å². The predicted molar refractivity (Wildman–Crippen MR) is 93.3 cm³/mol. The number of carbonyl (C=O) groups excluding carboxylic acids is 1. The number of hydrogen-bond donors (Lipinski definition) is 3. The second-order valence-corrected chi connectivity index (χ2v) is 6.68. The third kappa shape index (κ3) is 3.90. The lowest BCUT2D eigenvalue weighted by molar-refractivity contribution is 0.230. The summed E-state index contributed by atoms with van der Waals surface area (Å²) >= 11 is 0. The lowest BCUT2D eigenvalue weighted by atomic mass is 9.82. The number of benzene rings is 1. The predicted octanol–water partition coefficient (Wildman–Crippen LogP) is 2.35. The van der Waals surface area contributed by atoms with E-state index in [1.807, 2.05) is 18.2 Å². The molecule has 1 aromatic carbocycles. The molecule has 0 fully saturated rings. The van der Waals surface area contributed by atoms with Gasteiger partial charge in [0.25, 0.3) is 0 Å². The van der Waals surface area contributed by atoms with E-state index in [1.54, 1.807) is 7.11 Å². The Morgan fingerprint density at radius 3 is 3.00 bits per heavy atom. The number of aliphatic hydroxyl groups is 1. The zero-order valence-electron chi connectivity index (χ0n) is 14.1. The van der Waals surface area contributed by atoms with E-state index in [2.05, 4.69) is 22.8 Å². The molecule has 0 spiro atoms. The molecular weight excluding hydrogens is 304 g/mol. The molecule has 5 nitrogen and oxygen atoms in total. The summed E-state index contributed by atoms with van der Waals surface area (Å²) < 4.78 is 5.30. The van der Waals surface area contributed by atoms with Crippen LogP contribution in [-0.2, 0) is 6.42 Å². The highest BCUT2D eigenvalue weighted by molar-refractivity contribution is 5.74. The molecule has 0 radical (unpaired) electrons. The molecule has 3 N–H and O–H groups in total. The van der Waals surface area contributed by atoms with Crippen LogP contribution in [0, 0.1) is 5.92 Å². The van der Waals surface area contributed by atoms with E-state index < -0.39 is 0 Å². The first-order valence-corrected chi connectivity index (χ1v) is 8.70. The zero-order chi connectivity index (χ0) is 16.9. The number of aliphatic hydroxyl groups excluding tert-OH is 1. The van der Waals surface area contributed by atoms with Gasteiger partial charge in [0, 0.05) is 31.0 Å². The van der Waals surface area contributed by atoms with Gasteiger partial charge in [0.15, 0.2) is 0 Å². The van der Waals surface area contributed by atoms with Gasteiger partial charge in [0.1, 0.15) is 5.75 Å². The van der Waals surface area contributed by atoms with E-state index in [0.717, 1.165) is 31.4 Å². The van der Waals surface area contributed by atoms with Gasteiger partial charge in [-0.2, -0.15) is 0 Å². The van der Waals surface area contributed by atoms with Crippen molar-refractivity contribution in [2.45, 2.75) is 37.6 Å². The summed E-state index contributed by atoms with van der Waals surface area (Å²) in [6.45, 7) is 0.781. The highest BCUT2D eigenvalue weighted by atomic mass is 16.5. The summed E-state index contributed by atoms with van der Waals surface area (Å²) in [5, 5.41) is 15.1. The molecule has 2 amide bonds. The first-order chi connectivity index (χ1) is 11.7. The number of rotatable bonds is 5. The minimum Gasteiger partial charge on any atom is -0.497 e. The third-order valence-electron chi connectivity index (χ3n) is 5.02. The Morgan fingerprint density at radius 2 is 2.25 bits per heavy atom. The van der Waals surface area contributed by atoms with Gasteiger partial charge in [-0.05, 0) is 48.9 Å². The number of hydrogen-bond acceptors (Lipinski definition) is 3. The zero-order valence-corrected chi connectivity index (χ0v) is 14.1. The monoisotopic (exact) mass is 330 g/mol. The summed E-state index contributed by atoms with van der Waals surface area (Å²) in [5.41, 5.74) is 2.65. The maximum atomic E-state index is 12.1. The summed E-state index contributed by atoms with van der Waals surface area (Å²) in [6.07, 6.45) is 8.01. The van der Waals surface area contributed by atoms with Crippen molar-refractivity contribution in [2.75, 3.05) is 20.3 Å². The SMILES string of the molecule is COc1ccc2c(c1)CCC[C@@H]2CNC(=O)N[C@@H]1C=C[C@H](CO)C1. The van der Waals surface area contributed by atoms with Crippen molar-refractivity contribution < 1.29 is 14.6 Å². The minimum absolute atomic E-state index is 0.0186. The molecule has 0 aliphatic heterocycles. The number of methoxy groups -OCH3 is 1. The number of fused-ring (bicyclic) bond motifs is 1. The first-order valence-electron chi connectivity index (χ1n) is 8.70. The Kier molecular flexibility index (Phi) is 5.41. The lowest BCUT2D eigenvalue weighted by Gasteiger charge is -2.26. The van der Waals surface area contributed by atoms with Gasteiger partial charge in [0.2, 0.25) is 0 Å². The number of urea groups is 1. The van der Waals surface area contributed by atoms with Crippen LogP contribution in [-0.4, -0.2) is 37.4 Å². The molecule has 3 atom stereocenters. The molecule has 2 aliphatic carbocycles. The minimum atomic E-state index is -0.135. The average molecular weight is 330 g/mol. The van der Waals surface area contributed by atoms with E-state index in [-0.39, 0.29) is 24.6 Å². The highest BCUT2D eigenvalue weighted by Gasteiger charge is 2.23. The molecule has 24 heavy (non-hydrogen) atoms. The van der Waals surface area contributed by atoms with E-state index in [1.165, 1.54) is 11.1 Å². The Hall–Kier alpha value is -2.01. The van der Waals surface area contributed by atoms with Crippen molar-refractivity contribution in [1.82, 2.24) is 10.6 Å². The van der Waals surface area contributed by atoms with E-state index in [0.29, 0.717) is 12.5 Å². The Morgan fingerprint density at radius 1 is 1.38 bits per heavy atom. The molecule has 130 valence electrons. The van der Waals surface area contributed by atoms with Crippen molar-refractivity contribution >= 4 is 6.03 Å². The second-order valence-electron chi connectivity index (χ2n) is 6.68. The molecule has 0 saturated carbocycles. The van der Waals surface area contributed by atoms with Crippen molar-refractivity contribution in [1.29, 1.82) is 0 Å². The summed E-state index contributed by atoms with van der Waals surface area (Å²) in [7, 11) is 1.69. The molecule has 0 bridgehead atoms. The van der Waals surface area contributed by atoms with Crippen LogP contribution in [0.3, 0.4) is 0 Å². The molecule has 3 rings (SSSR count). The topological polar surface area (TPSA) is 70.6 Å². The molecule has 0 aromatic heterocycles. The fourth-order valence-electron chi connectivity index (χ4n) is 3.68. The number of aryl methyl sites for hydroxylation is 1. The van der Waals surface area contributed by atoms with Crippen LogP contribution in [0.1, 0.15) is 36.3 Å². The molecular formula is C19H26N2O3. The van der Waals surface area contributed by atoms with Crippen molar-refractivity contribution in [3.63, 3.8) is 0 Å². The van der Waals surface area contributed by atoms with Gasteiger partial charge in [-0.1, -0.05) is 18.2 Å². The fraction of sp³-hybridized carbons (Fsp3) is 0.526. The summed E-state index contributed by atoms with van der Waals surface area (Å²) in [5.74, 6) is 1.41. The average Bonchev–Trinajstić information content (AvgIpc) is 3.06. The van der Waals surface area contributed by atoms with Crippen molar-refractivity contribution in [2.24, 2.45) is 5.92 Å². The van der Waals surface area contributed by atoms with Crippen LogP contribution in [0.25, 0.3) is 0 Å². The van der Waals surface area contributed by atoms with Crippen LogP contribution in [0.5, 0.6) is 5.75 Å². The van der Waals surface area contributed by atoms with Crippen LogP contribution >= 0.6 is 0 Å². The molecule has 0 saturated heterocycles. The maximum absolute atomic E-state index is 12.1. The van der Waals surface area contributed by atoms with Gasteiger partial charge in [-0.15, -0.1) is 0 Å². The van der Waals surface area contributed by atoms with Gasteiger partial charge >= 0.3 is 6.03 Å². The van der Waals surface area contributed by atoms with Gasteiger partial charge in [0.05, 0.1) is 7.11 Å². The standard InChI is InChI=1S/C19H26N2O3/c1-24-17-7-8-18-14(10-17)3-2-4-15(18)11-20-19(23)21-16-6-5-13(9-16)12-22/h5-8,10,13,15-16,22H,2-4,9,11-12H2,1H3,(H2,20,21,23)/t13-,15+,16+/m0/s1. The van der Waals surface area contributed by atoms with Gasteiger partial charge < -0.3 is 20.5 Å². The molecule has 0 heterocycles. The number of amides is 2. The Bertz CT molecular complexity index is 615. The molecule has 1 aromatic rings. The number of carbonyl (C=O) groups is 1. The summed E-state index contributed by atoms with van der Waals surface area (Å²) in [4.78, 5) is 12.1. The van der Waals surface area contributed by atoms with Gasteiger partial charge in [-0.25, -0.2) is 4.79 Å². The normalized spacial score (nSPS) is 25.2. The quantitative estimate of drug-likeness (QED) is 0.726. The Balaban J connectivity index is 1.52. The smallest absolute Gasteiger partial charge is 0.315 e. The van der Waals surface area contributed by atoms with Crippen LogP contribution in [0.4, 0.5) is 4.79 Å². The highest BCUT2D eigenvalue weighted by Crippen LogP contribution is 2.33. The van der Waals surface area contributed by atoms with E-state index in [9.17, 15) is 4.79 Å².